The van der Waals surface area contributed by atoms with E-state index in [1.54, 1.807) is 0 Å². The van der Waals surface area contributed by atoms with Crippen LogP contribution in [0.4, 0.5) is 4.79 Å². The molecule has 2 rings (SSSR count). The van der Waals surface area contributed by atoms with E-state index in [1.807, 2.05) is 35.2 Å². The highest BCUT2D eigenvalue weighted by Crippen LogP contribution is 2.24. The van der Waals surface area contributed by atoms with Crippen LogP contribution in [-0.4, -0.2) is 36.1 Å². The SMILES string of the molecule is Cl.N=C(N)N1CCC[C@H](C(Cc2ccccc2)OC(N)=O)C1. The quantitative estimate of drug-likeness (QED) is 0.578. The van der Waals surface area contributed by atoms with Crippen molar-refractivity contribution in [3.63, 3.8) is 0 Å². The molecular weight excluding hydrogens is 304 g/mol. The van der Waals surface area contributed by atoms with Crippen molar-refractivity contribution in [2.24, 2.45) is 17.4 Å². The maximum absolute atomic E-state index is 11.2. The van der Waals surface area contributed by atoms with Crippen LogP contribution in [0.2, 0.25) is 0 Å². The van der Waals surface area contributed by atoms with Crippen molar-refractivity contribution < 1.29 is 9.53 Å². The summed E-state index contributed by atoms with van der Waals surface area (Å²) in [5, 5.41) is 7.55. The van der Waals surface area contributed by atoms with Crippen LogP contribution in [0, 0.1) is 11.3 Å². The number of likely N-dealkylation sites (tertiary alicyclic amines) is 1. The van der Waals surface area contributed by atoms with Gasteiger partial charge in [-0.1, -0.05) is 30.3 Å². The molecule has 0 bridgehead atoms. The fourth-order valence-corrected chi connectivity index (χ4v) is 2.83. The first kappa shape index (κ1) is 18.1. The Labute approximate surface area is 136 Å². The van der Waals surface area contributed by atoms with E-state index in [2.05, 4.69) is 0 Å². The van der Waals surface area contributed by atoms with E-state index in [-0.39, 0.29) is 30.4 Å². The fourth-order valence-electron chi connectivity index (χ4n) is 2.83. The van der Waals surface area contributed by atoms with Gasteiger partial charge in [0.15, 0.2) is 5.96 Å². The number of hydrogen-bond acceptors (Lipinski definition) is 3. The number of nitrogens with two attached hydrogens (primary N) is 2. The summed E-state index contributed by atoms with van der Waals surface area (Å²) in [5.74, 6) is 0.201. The predicted molar refractivity (Wildman–Crippen MR) is 88.1 cm³/mol. The zero-order chi connectivity index (χ0) is 15.2. The molecule has 22 heavy (non-hydrogen) atoms. The van der Waals surface area contributed by atoms with Gasteiger partial charge in [0, 0.05) is 25.4 Å². The molecule has 1 heterocycles. The third-order valence-corrected chi connectivity index (χ3v) is 3.87. The second-order valence-corrected chi connectivity index (χ2v) is 5.40. The Bertz CT molecular complexity index is 498. The molecule has 7 heteroatoms. The highest BCUT2D eigenvalue weighted by atomic mass is 35.5. The van der Waals surface area contributed by atoms with Crippen LogP contribution in [0.5, 0.6) is 0 Å². The molecule has 1 fully saturated rings. The van der Waals surface area contributed by atoms with Crippen LogP contribution >= 0.6 is 12.4 Å². The monoisotopic (exact) mass is 326 g/mol. The van der Waals surface area contributed by atoms with Gasteiger partial charge in [-0.15, -0.1) is 12.4 Å². The van der Waals surface area contributed by atoms with Gasteiger partial charge < -0.3 is 21.1 Å². The Morgan fingerprint density at radius 2 is 2.05 bits per heavy atom. The summed E-state index contributed by atoms with van der Waals surface area (Å²) in [4.78, 5) is 13.0. The van der Waals surface area contributed by atoms with E-state index in [0.717, 1.165) is 24.9 Å². The van der Waals surface area contributed by atoms with E-state index in [9.17, 15) is 4.79 Å². The molecule has 6 nitrogen and oxygen atoms in total. The molecule has 1 unspecified atom stereocenters. The van der Waals surface area contributed by atoms with Crippen LogP contribution in [0.1, 0.15) is 18.4 Å². The minimum Gasteiger partial charge on any atom is -0.446 e. The number of benzene rings is 1. The molecular formula is C15H23ClN4O2. The van der Waals surface area contributed by atoms with Gasteiger partial charge in [0.25, 0.3) is 0 Å². The van der Waals surface area contributed by atoms with Crippen LogP contribution in [0.25, 0.3) is 0 Å². The van der Waals surface area contributed by atoms with Crippen molar-refractivity contribution in [3.8, 4) is 0 Å². The van der Waals surface area contributed by atoms with Gasteiger partial charge in [-0.3, -0.25) is 5.41 Å². The molecule has 0 spiro atoms. The van der Waals surface area contributed by atoms with Gasteiger partial charge in [-0.05, 0) is 18.4 Å². The number of piperidine rings is 1. The number of ether oxygens (including phenoxy) is 1. The first-order valence-electron chi connectivity index (χ1n) is 7.15. The number of nitrogens with zero attached hydrogens (tertiary/aromatic N) is 1. The van der Waals surface area contributed by atoms with Gasteiger partial charge >= 0.3 is 6.09 Å². The molecule has 0 aromatic heterocycles. The van der Waals surface area contributed by atoms with Crippen molar-refractivity contribution in [1.29, 1.82) is 5.41 Å². The number of guanidine groups is 1. The molecule has 0 saturated carbocycles. The molecule has 0 aliphatic carbocycles. The normalized spacial score (nSPS) is 18.9. The minimum absolute atomic E-state index is 0. The molecule has 1 saturated heterocycles. The highest BCUT2D eigenvalue weighted by molar-refractivity contribution is 5.85. The molecule has 5 N–H and O–H groups in total. The topological polar surface area (TPSA) is 105 Å². The Morgan fingerprint density at radius 3 is 2.64 bits per heavy atom. The van der Waals surface area contributed by atoms with Crippen molar-refractivity contribution in [2.45, 2.75) is 25.4 Å². The Morgan fingerprint density at radius 1 is 1.36 bits per heavy atom. The van der Waals surface area contributed by atoms with Crippen LogP contribution < -0.4 is 11.5 Å². The minimum atomic E-state index is -0.754. The smallest absolute Gasteiger partial charge is 0.404 e. The van der Waals surface area contributed by atoms with E-state index in [4.69, 9.17) is 21.6 Å². The van der Waals surface area contributed by atoms with Crippen LogP contribution in [0.3, 0.4) is 0 Å². The lowest BCUT2D eigenvalue weighted by Gasteiger charge is -2.36. The average molecular weight is 327 g/mol. The first-order chi connectivity index (χ1) is 10.1. The average Bonchev–Trinajstić information content (AvgIpc) is 2.47. The molecule has 1 aromatic rings. The highest BCUT2D eigenvalue weighted by Gasteiger charge is 2.30. The number of amides is 1. The lowest BCUT2D eigenvalue weighted by molar-refractivity contribution is 0.0457. The molecule has 1 aliphatic heterocycles. The van der Waals surface area contributed by atoms with Crippen LogP contribution in [0.15, 0.2) is 30.3 Å². The lowest BCUT2D eigenvalue weighted by Crippen LogP contribution is -2.47. The summed E-state index contributed by atoms with van der Waals surface area (Å²) >= 11 is 0. The van der Waals surface area contributed by atoms with Crippen LogP contribution in [-0.2, 0) is 11.2 Å². The van der Waals surface area contributed by atoms with Gasteiger partial charge in [0.2, 0.25) is 0 Å². The summed E-state index contributed by atoms with van der Waals surface area (Å²) in [7, 11) is 0. The van der Waals surface area contributed by atoms with Gasteiger partial charge in [0.1, 0.15) is 6.10 Å². The largest absolute Gasteiger partial charge is 0.446 e. The number of nitrogens with one attached hydrogen (secondary N) is 1. The Hall–Kier alpha value is -1.95. The molecule has 122 valence electrons. The summed E-state index contributed by atoms with van der Waals surface area (Å²) in [6.45, 7) is 1.40. The molecule has 1 amide bonds. The van der Waals surface area contributed by atoms with E-state index >= 15 is 0 Å². The van der Waals surface area contributed by atoms with Crippen molar-refractivity contribution in [3.05, 3.63) is 35.9 Å². The third-order valence-electron chi connectivity index (χ3n) is 3.87. The second kappa shape index (κ2) is 8.48. The first-order valence-corrected chi connectivity index (χ1v) is 7.15. The number of hydrogen-bond donors (Lipinski definition) is 3. The molecule has 1 aliphatic rings. The maximum Gasteiger partial charge on any atom is 0.404 e. The number of halogens is 1. The molecule has 1 aromatic carbocycles. The van der Waals surface area contributed by atoms with Crippen molar-refractivity contribution in [2.75, 3.05) is 13.1 Å². The lowest BCUT2D eigenvalue weighted by atomic mass is 9.89. The van der Waals surface area contributed by atoms with E-state index in [0.29, 0.717) is 13.0 Å². The van der Waals surface area contributed by atoms with Gasteiger partial charge in [-0.2, -0.15) is 0 Å². The number of carbonyl (C=O) groups is 1. The van der Waals surface area contributed by atoms with Gasteiger partial charge in [0.05, 0.1) is 0 Å². The maximum atomic E-state index is 11.2. The zero-order valence-electron chi connectivity index (χ0n) is 12.4. The summed E-state index contributed by atoms with van der Waals surface area (Å²) < 4.78 is 5.32. The van der Waals surface area contributed by atoms with E-state index < -0.39 is 6.09 Å². The summed E-state index contributed by atoms with van der Waals surface area (Å²) in [5.41, 5.74) is 11.9. The molecule has 2 atom stereocenters. The Balaban J connectivity index is 0.00000242. The summed E-state index contributed by atoms with van der Waals surface area (Å²) in [6, 6.07) is 9.87. The van der Waals surface area contributed by atoms with Crippen molar-refractivity contribution >= 4 is 24.5 Å². The summed E-state index contributed by atoms with van der Waals surface area (Å²) in [6.07, 6.45) is 1.45. The number of carbonyl (C=O) groups excluding carboxylic acids is 1. The third kappa shape index (κ3) is 5.11. The predicted octanol–water partition coefficient (Wildman–Crippen LogP) is 1.72. The Kier molecular flexibility index (Phi) is 6.98. The number of rotatable bonds is 4. The van der Waals surface area contributed by atoms with E-state index in [1.165, 1.54) is 0 Å². The fraction of sp³-hybridized carbons (Fsp3) is 0.467. The second-order valence-electron chi connectivity index (χ2n) is 5.40. The van der Waals surface area contributed by atoms with Gasteiger partial charge in [-0.25, -0.2) is 4.79 Å². The molecule has 0 radical (unpaired) electrons. The zero-order valence-corrected chi connectivity index (χ0v) is 13.2. The standard InChI is InChI=1S/C15H22N4O2.ClH/c16-14(17)19-8-4-7-12(10-19)13(21-15(18)20)9-11-5-2-1-3-6-11;/h1-3,5-6,12-13H,4,7-10H2,(H3,16,17)(H2,18,20);1H/t12-,13?;/m0./s1. The number of primary amides is 1. The van der Waals surface area contributed by atoms with Crippen molar-refractivity contribution in [1.82, 2.24) is 4.90 Å².